The minimum absolute atomic E-state index is 0.105. The van der Waals surface area contributed by atoms with Gasteiger partial charge in [0.05, 0.1) is 18.3 Å². The van der Waals surface area contributed by atoms with Gasteiger partial charge >= 0.3 is 0 Å². The molecule has 0 bridgehead atoms. The van der Waals surface area contributed by atoms with Crippen molar-refractivity contribution in [3.05, 3.63) is 65.4 Å². The third kappa shape index (κ3) is 4.00. The summed E-state index contributed by atoms with van der Waals surface area (Å²) in [6.07, 6.45) is 5.25. The summed E-state index contributed by atoms with van der Waals surface area (Å²) in [5.74, 6) is 0.368. The van der Waals surface area contributed by atoms with Crippen LogP contribution in [0.5, 0.6) is 0 Å². The van der Waals surface area contributed by atoms with E-state index in [-0.39, 0.29) is 11.9 Å². The number of thiazole rings is 1. The summed E-state index contributed by atoms with van der Waals surface area (Å²) in [6.45, 7) is 3.43. The molecule has 0 saturated carbocycles. The van der Waals surface area contributed by atoms with E-state index in [0.29, 0.717) is 16.7 Å². The third-order valence-corrected chi connectivity index (χ3v) is 6.74. The Labute approximate surface area is 180 Å². The molecule has 6 nitrogen and oxygen atoms in total. The van der Waals surface area contributed by atoms with Crippen LogP contribution in [-0.4, -0.2) is 35.2 Å². The van der Waals surface area contributed by atoms with Crippen LogP contribution in [0.1, 0.15) is 41.5 Å². The van der Waals surface area contributed by atoms with Crippen LogP contribution in [-0.2, 0) is 11.3 Å². The molecule has 0 radical (unpaired) electrons. The zero-order valence-electron chi connectivity index (χ0n) is 16.9. The molecule has 4 heterocycles. The second-order valence-corrected chi connectivity index (χ2v) is 8.85. The lowest BCUT2D eigenvalue weighted by molar-refractivity contribution is 0.101. The fraction of sp³-hybridized carbons (Fsp3) is 0.391. The lowest BCUT2D eigenvalue weighted by atomic mass is 10.1. The molecule has 2 saturated heterocycles. The van der Waals surface area contributed by atoms with Crippen molar-refractivity contribution in [2.75, 3.05) is 30.0 Å². The fourth-order valence-corrected chi connectivity index (χ4v) is 5.20. The smallest absolute Gasteiger partial charge is 0.274 e. The van der Waals surface area contributed by atoms with Gasteiger partial charge in [-0.15, -0.1) is 11.3 Å². The Morgan fingerprint density at radius 2 is 2.10 bits per heavy atom. The van der Waals surface area contributed by atoms with Crippen LogP contribution in [0.3, 0.4) is 0 Å². The molecule has 2 aliphatic rings. The fourth-order valence-electron chi connectivity index (χ4n) is 4.45. The second kappa shape index (κ2) is 8.62. The molecule has 0 aliphatic carbocycles. The topological polar surface area (TPSA) is 59.4 Å². The summed E-state index contributed by atoms with van der Waals surface area (Å²) >= 11 is 1.50. The molecule has 2 fully saturated rings. The number of carbonyl (C=O) groups excluding carboxylic acids is 1. The van der Waals surface area contributed by atoms with Gasteiger partial charge in [0.15, 0.2) is 5.13 Å². The van der Waals surface area contributed by atoms with Crippen molar-refractivity contribution in [2.24, 2.45) is 5.92 Å². The average molecular weight is 423 g/mol. The van der Waals surface area contributed by atoms with Crippen molar-refractivity contribution >= 4 is 28.1 Å². The molecule has 1 N–H and O–H groups in total. The monoisotopic (exact) mass is 422 g/mol. The lowest BCUT2D eigenvalue weighted by Gasteiger charge is -2.25. The van der Waals surface area contributed by atoms with Gasteiger partial charge in [0.2, 0.25) is 0 Å². The van der Waals surface area contributed by atoms with Crippen molar-refractivity contribution in [3.63, 3.8) is 0 Å². The van der Waals surface area contributed by atoms with E-state index < -0.39 is 0 Å². The molecule has 1 aromatic carbocycles. The molecule has 2 aromatic heterocycles. The van der Waals surface area contributed by atoms with E-state index in [1.807, 2.05) is 29.0 Å². The Morgan fingerprint density at radius 3 is 2.93 bits per heavy atom. The van der Waals surface area contributed by atoms with Crippen molar-refractivity contribution in [3.8, 4) is 0 Å². The molecule has 30 heavy (non-hydrogen) atoms. The summed E-state index contributed by atoms with van der Waals surface area (Å²) in [5, 5.41) is 5.74. The Balaban J connectivity index is 1.27. The van der Waals surface area contributed by atoms with Crippen LogP contribution in [0.4, 0.5) is 10.8 Å². The Morgan fingerprint density at radius 1 is 1.20 bits per heavy atom. The van der Waals surface area contributed by atoms with Crippen molar-refractivity contribution in [1.82, 2.24) is 9.55 Å². The Bertz CT molecular complexity index is 994. The van der Waals surface area contributed by atoms with Gasteiger partial charge in [-0.1, -0.05) is 18.2 Å². The predicted molar refractivity (Wildman–Crippen MR) is 119 cm³/mol. The van der Waals surface area contributed by atoms with Crippen LogP contribution in [0.2, 0.25) is 0 Å². The molecule has 1 amide bonds. The number of benzene rings is 1. The molecule has 2 aliphatic heterocycles. The largest absolute Gasteiger partial charge is 0.381 e. The maximum atomic E-state index is 12.9. The quantitative estimate of drug-likeness (QED) is 0.632. The molecule has 2 atom stereocenters. The van der Waals surface area contributed by atoms with Crippen molar-refractivity contribution < 1.29 is 9.53 Å². The van der Waals surface area contributed by atoms with E-state index in [1.165, 1.54) is 17.0 Å². The van der Waals surface area contributed by atoms with Crippen LogP contribution < -0.4 is 10.2 Å². The molecule has 5 rings (SSSR count). The second-order valence-electron chi connectivity index (χ2n) is 7.99. The zero-order valence-corrected chi connectivity index (χ0v) is 17.7. The van der Waals surface area contributed by atoms with Crippen LogP contribution in [0.25, 0.3) is 0 Å². The summed E-state index contributed by atoms with van der Waals surface area (Å²) in [4.78, 5) is 20.1. The first-order chi connectivity index (χ1) is 14.8. The van der Waals surface area contributed by atoms with E-state index >= 15 is 0 Å². The van der Waals surface area contributed by atoms with E-state index in [1.54, 1.807) is 0 Å². The summed E-state index contributed by atoms with van der Waals surface area (Å²) < 4.78 is 7.49. The molecule has 2 unspecified atom stereocenters. The highest BCUT2D eigenvalue weighted by Crippen LogP contribution is 2.37. The maximum Gasteiger partial charge on any atom is 0.274 e. The van der Waals surface area contributed by atoms with Gasteiger partial charge in [-0.05, 0) is 43.5 Å². The molecular weight excluding hydrogens is 396 g/mol. The minimum Gasteiger partial charge on any atom is -0.381 e. The van der Waals surface area contributed by atoms with Crippen molar-refractivity contribution in [1.29, 1.82) is 0 Å². The van der Waals surface area contributed by atoms with E-state index in [9.17, 15) is 4.79 Å². The van der Waals surface area contributed by atoms with Gasteiger partial charge in [-0.2, -0.15) is 0 Å². The highest BCUT2D eigenvalue weighted by atomic mass is 32.1. The predicted octanol–water partition coefficient (Wildman–Crippen LogP) is 4.57. The normalized spacial score (nSPS) is 21.3. The maximum absolute atomic E-state index is 12.9. The van der Waals surface area contributed by atoms with Gasteiger partial charge in [0.25, 0.3) is 5.91 Å². The van der Waals surface area contributed by atoms with E-state index in [4.69, 9.17) is 9.72 Å². The number of nitrogens with zero attached hydrogens (tertiary/aromatic N) is 3. The number of anilines is 2. The highest BCUT2D eigenvalue weighted by Gasteiger charge is 2.28. The van der Waals surface area contributed by atoms with E-state index in [0.717, 1.165) is 51.3 Å². The van der Waals surface area contributed by atoms with Crippen molar-refractivity contribution in [2.45, 2.75) is 31.8 Å². The first kappa shape index (κ1) is 19.3. The van der Waals surface area contributed by atoms with Gasteiger partial charge in [0.1, 0.15) is 5.69 Å². The molecule has 0 spiro atoms. The number of nitrogens with one attached hydrogen (secondary N) is 1. The number of hydrogen-bond donors (Lipinski definition) is 1. The number of aromatic nitrogens is 2. The summed E-state index contributed by atoms with van der Waals surface area (Å²) in [7, 11) is 0. The standard InChI is InChI=1S/C23H26N4O2S/c28-22(21-9-4-11-26(21)14-17-10-13-29-15-17)25-23-24-19(16-30-23)20-8-5-12-27(20)18-6-2-1-3-7-18/h1-4,6-7,9,11,16-17,20H,5,8,10,12-15H2,(H,24,25,28). The van der Waals surface area contributed by atoms with Crippen LogP contribution in [0, 0.1) is 5.92 Å². The lowest BCUT2D eigenvalue weighted by Crippen LogP contribution is -2.23. The molecule has 156 valence electrons. The number of ether oxygens (including phenoxy) is 1. The number of amides is 1. The first-order valence-electron chi connectivity index (χ1n) is 10.6. The molecule has 7 heteroatoms. The third-order valence-electron chi connectivity index (χ3n) is 5.97. The Hall–Kier alpha value is -2.64. The van der Waals surface area contributed by atoms with Gasteiger partial charge < -0.3 is 14.2 Å². The SMILES string of the molecule is O=C(Nc1nc(C2CCCN2c2ccccc2)cs1)c1cccn1CC1CCOC1. The van der Waals surface area contributed by atoms with Gasteiger partial charge in [-0.3, -0.25) is 10.1 Å². The number of rotatable bonds is 6. The molecular formula is C23H26N4O2S. The first-order valence-corrected chi connectivity index (χ1v) is 11.5. The highest BCUT2D eigenvalue weighted by molar-refractivity contribution is 7.14. The van der Waals surface area contributed by atoms with Crippen LogP contribution in [0.15, 0.2) is 54.0 Å². The zero-order chi connectivity index (χ0) is 20.3. The van der Waals surface area contributed by atoms with Gasteiger partial charge in [-0.25, -0.2) is 4.98 Å². The number of carbonyl (C=O) groups is 1. The number of hydrogen-bond acceptors (Lipinski definition) is 5. The van der Waals surface area contributed by atoms with Gasteiger partial charge in [0, 0.05) is 42.9 Å². The average Bonchev–Trinajstić information content (AvgIpc) is 3.56. The number of para-hydroxylation sites is 1. The summed E-state index contributed by atoms with van der Waals surface area (Å²) in [6, 6.07) is 14.5. The molecule has 3 aromatic rings. The van der Waals surface area contributed by atoms with E-state index in [2.05, 4.69) is 39.9 Å². The van der Waals surface area contributed by atoms with Crippen LogP contribution >= 0.6 is 11.3 Å². The summed E-state index contributed by atoms with van der Waals surface area (Å²) in [5.41, 5.74) is 2.94. The Kier molecular flexibility index (Phi) is 5.55. The minimum atomic E-state index is -0.105.